The number of unbranched alkanes of at least 4 members (excludes halogenated alkanes) is 2. The molecule has 0 aliphatic carbocycles. The van der Waals surface area contributed by atoms with Crippen molar-refractivity contribution in [1.82, 2.24) is 10.2 Å². The van der Waals surface area contributed by atoms with Gasteiger partial charge in [0.15, 0.2) is 0 Å². The van der Waals surface area contributed by atoms with Crippen molar-refractivity contribution in [2.75, 3.05) is 19.7 Å². The third-order valence-electron chi connectivity index (χ3n) is 3.13. The summed E-state index contributed by atoms with van der Waals surface area (Å²) >= 11 is 0. The zero-order valence-corrected chi connectivity index (χ0v) is 12.5. The van der Waals surface area contributed by atoms with Gasteiger partial charge in [-0.3, -0.25) is 9.59 Å². The Balaban J connectivity index is 2.54. The maximum absolute atomic E-state index is 12.1. The minimum atomic E-state index is -0.601. The van der Waals surface area contributed by atoms with E-state index < -0.39 is 11.8 Å². The molecule has 1 aromatic rings. The summed E-state index contributed by atoms with van der Waals surface area (Å²) < 4.78 is 0. The lowest BCUT2D eigenvalue weighted by molar-refractivity contribution is -0.146. The van der Waals surface area contributed by atoms with Crippen LogP contribution < -0.4 is 5.32 Å². The highest BCUT2D eigenvalue weighted by Gasteiger charge is 2.21. The maximum Gasteiger partial charge on any atom is 0.312 e. The third kappa shape index (κ3) is 6.40. The summed E-state index contributed by atoms with van der Waals surface area (Å²) in [5.41, 5.74) is 0.929. The van der Waals surface area contributed by atoms with Gasteiger partial charge < -0.3 is 15.3 Å². The molecule has 2 N–H and O–H groups in total. The van der Waals surface area contributed by atoms with Gasteiger partial charge >= 0.3 is 11.8 Å². The van der Waals surface area contributed by atoms with Gasteiger partial charge in [-0.05, 0) is 12.0 Å². The molecule has 0 atom stereocenters. The van der Waals surface area contributed by atoms with Gasteiger partial charge in [0.2, 0.25) is 0 Å². The van der Waals surface area contributed by atoms with Crippen LogP contribution in [0.2, 0.25) is 0 Å². The normalized spacial score (nSPS) is 10.2. The predicted molar refractivity (Wildman–Crippen MR) is 81.5 cm³/mol. The van der Waals surface area contributed by atoms with Crippen molar-refractivity contribution in [3.63, 3.8) is 0 Å². The van der Waals surface area contributed by atoms with Crippen LogP contribution in [0.4, 0.5) is 0 Å². The first kappa shape index (κ1) is 17.2. The molecule has 0 spiro atoms. The molecule has 0 fully saturated rings. The summed E-state index contributed by atoms with van der Waals surface area (Å²) in [6, 6.07) is 9.42. The predicted octanol–water partition coefficient (Wildman–Crippen LogP) is 1.31. The average Bonchev–Trinajstić information content (AvgIpc) is 2.51. The molecule has 0 saturated heterocycles. The molecule has 2 amide bonds. The van der Waals surface area contributed by atoms with E-state index in [-0.39, 0.29) is 13.2 Å². The number of hydrogen-bond acceptors (Lipinski definition) is 3. The summed E-state index contributed by atoms with van der Waals surface area (Å²) in [6.07, 6.45) is 2.96. The van der Waals surface area contributed by atoms with Crippen LogP contribution in [-0.4, -0.2) is 41.5 Å². The number of carbonyl (C=O) groups excluding carboxylic acids is 2. The van der Waals surface area contributed by atoms with Gasteiger partial charge in [-0.25, -0.2) is 0 Å². The fourth-order valence-electron chi connectivity index (χ4n) is 1.97. The molecule has 116 valence electrons. The molecule has 0 heterocycles. The van der Waals surface area contributed by atoms with Crippen molar-refractivity contribution in [1.29, 1.82) is 0 Å². The maximum atomic E-state index is 12.1. The van der Waals surface area contributed by atoms with E-state index in [0.717, 1.165) is 24.8 Å². The molecule has 21 heavy (non-hydrogen) atoms. The number of amides is 2. The minimum absolute atomic E-state index is 0.149. The zero-order valence-electron chi connectivity index (χ0n) is 12.5. The van der Waals surface area contributed by atoms with Crippen LogP contribution in [0.3, 0.4) is 0 Å². The monoisotopic (exact) mass is 292 g/mol. The molecule has 5 heteroatoms. The standard InChI is InChI=1S/C16H24N2O3/c1-2-3-7-10-17-15(20)16(21)18(11-12-19)13-14-8-5-4-6-9-14/h4-6,8-9,19H,2-3,7,10-13H2,1H3,(H,17,20). The molecule has 5 nitrogen and oxygen atoms in total. The molecule has 0 unspecified atom stereocenters. The lowest BCUT2D eigenvalue weighted by Crippen LogP contribution is -2.44. The van der Waals surface area contributed by atoms with Gasteiger partial charge in [0.1, 0.15) is 0 Å². The van der Waals surface area contributed by atoms with Crippen LogP contribution in [0.5, 0.6) is 0 Å². The Morgan fingerprint density at radius 2 is 1.90 bits per heavy atom. The molecule has 0 aromatic heterocycles. The second-order valence-corrected chi connectivity index (χ2v) is 4.90. The van der Waals surface area contributed by atoms with Gasteiger partial charge in [0.25, 0.3) is 0 Å². The van der Waals surface area contributed by atoms with Crippen molar-refractivity contribution in [3.05, 3.63) is 35.9 Å². The van der Waals surface area contributed by atoms with Crippen LogP contribution in [0.25, 0.3) is 0 Å². The smallest absolute Gasteiger partial charge is 0.312 e. The Morgan fingerprint density at radius 3 is 2.52 bits per heavy atom. The van der Waals surface area contributed by atoms with Crippen molar-refractivity contribution in [3.8, 4) is 0 Å². The first-order valence-corrected chi connectivity index (χ1v) is 7.41. The highest BCUT2D eigenvalue weighted by molar-refractivity contribution is 6.34. The SMILES string of the molecule is CCCCCNC(=O)C(=O)N(CCO)Cc1ccccc1. The average molecular weight is 292 g/mol. The van der Waals surface area contributed by atoms with E-state index in [0.29, 0.717) is 13.1 Å². The third-order valence-corrected chi connectivity index (χ3v) is 3.13. The first-order chi connectivity index (χ1) is 10.2. The fraction of sp³-hybridized carbons (Fsp3) is 0.500. The number of carbonyl (C=O) groups is 2. The van der Waals surface area contributed by atoms with Crippen molar-refractivity contribution in [2.45, 2.75) is 32.7 Å². The summed E-state index contributed by atoms with van der Waals surface area (Å²) in [6.45, 7) is 2.90. The molecule has 1 rings (SSSR count). The van der Waals surface area contributed by atoms with E-state index in [1.807, 2.05) is 30.3 Å². The Labute approximate surface area is 126 Å². The summed E-state index contributed by atoms with van der Waals surface area (Å²) in [7, 11) is 0. The highest BCUT2D eigenvalue weighted by atomic mass is 16.3. The number of benzene rings is 1. The highest BCUT2D eigenvalue weighted by Crippen LogP contribution is 2.04. The van der Waals surface area contributed by atoms with E-state index in [1.54, 1.807) is 0 Å². The lowest BCUT2D eigenvalue weighted by atomic mass is 10.2. The Morgan fingerprint density at radius 1 is 1.19 bits per heavy atom. The lowest BCUT2D eigenvalue weighted by Gasteiger charge is -2.21. The van der Waals surface area contributed by atoms with Gasteiger partial charge in [-0.1, -0.05) is 50.1 Å². The van der Waals surface area contributed by atoms with Gasteiger partial charge in [-0.2, -0.15) is 0 Å². The first-order valence-electron chi connectivity index (χ1n) is 7.41. The second-order valence-electron chi connectivity index (χ2n) is 4.90. The molecular weight excluding hydrogens is 268 g/mol. The number of nitrogens with zero attached hydrogens (tertiary/aromatic N) is 1. The molecule has 0 aliphatic rings. The molecule has 1 aromatic carbocycles. The van der Waals surface area contributed by atoms with Crippen LogP contribution in [-0.2, 0) is 16.1 Å². The van der Waals surface area contributed by atoms with Crippen LogP contribution >= 0.6 is 0 Å². The minimum Gasteiger partial charge on any atom is -0.395 e. The van der Waals surface area contributed by atoms with Crippen molar-refractivity contribution in [2.24, 2.45) is 0 Å². The number of aliphatic hydroxyl groups excluding tert-OH is 1. The number of rotatable bonds is 8. The summed E-state index contributed by atoms with van der Waals surface area (Å²) in [5.74, 6) is -1.19. The Kier molecular flexibility index (Phi) is 8.12. The number of hydrogen-bond donors (Lipinski definition) is 2. The van der Waals surface area contributed by atoms with E-state index in [1.165, 1.54) is 4.90 Å². The molecule has 0 radical (unpaired) electrons. The fourth-order valence-corrected chi connectivity index (χ4v) is 1.97. The molecule has 0 saturated carbocycles. The van der Waals surface area contributed by atoms with Gasteiger partial charge in [0.05, 0.1) is 6.61 Å². The van der Waals surface area contributed by atoms with E-state index in [4.69, 9.17) is 5.11 Å². The largest absolute Gasteiger partial charge is 0.395 e. The van der Waals surface area contributed by atoms with Gasteiger partial charge in [0, 0.05) is 19.6 Å². The van der Waals surface area contributed by atoms with Crippen LogP contribution in [0.15, 0.2) is 30.3 Å². The topological polar surface area (TPSA) is 69.6 Å². The van der Waals surface area contributed by atoms with E-state index in [9.17, 15) is 9.59 Å². The quantitative estimate of drug-likeness (QED) is 0.561. The number of nitrogens with one attached hydrogen (secondary N) is 1. The number of aliphatic hydroxyl groups is 1. The summed E-state index contributed by atoms with van der Waals surface area (Å²) in [5, 5.41) is 11.7. The van der Waals surface area contributed by atoms with Crippen molar-refractivity contribution < 1.29 is 14.7 Å². The molecule has 0 bridgehead atoms. The molecular formula is C16H24N2O3. The van der Waals surface area contributed by atoms with Crippen molar-refractivity contribution >= 4 is 11.8 Å². The van der Waals surface area contributed by atoms with Crippen LogP contribution in [0, 0.1) is 0 Å². The summed E-state index contributed by atoms with van der Waals surface area (Å²) in [4.78, 5) is 25.3. The Hall–Kier alpha value is -1.88. The molecule has 0 aliphatic heterocycles. The van der Waals surface area contributed by atoms with E-state index >= 15 is 0 Å². The van der Waals surface area contributed by atoms with Crippen LogP contribution in [0.1, 0.15) is 31.7 Å². The Bertz CT molecular complexity index is 434. The second kappa shape index (κ2) is 9.94. The van der Waals surface area contributed by atoms with E-state index in [2.05, 4.69) is 12.2 Å². The zero-order chi connectivity index (χ0) is 15.5. The van der Waals surface area contributed by atoms with Gasteiger partial charge in [-0.15, -0.1) is 0 Å².